The van der Waals surface area contributed by atoms with Crippen LogP contribution in [-0.4, -0.2) is 44.9 Å². The minimum Gasteiger partial charge on any atom is -0.479 e. The Morgan fingerprint density at radius 1 is 1.29 bits per heavy atom. The molecule has 0 bridgehead atoms. The molecule has 0 saturated heterocycles. The van der Waals surface area contributed by atoms with E-state index >= 15 is 0 Å². The van der Waals surface area contributed by atoms with E-state index in [2.05, 4.69) is 20.4 Å². The highest BCUT2D eigenvalue weighted by Gasteiger charge is 2.26. The average molecular weight is 331 g/mol. The van der Waals surface area contributed by atoms with Crippen molar-refractivity contribution < 1.29 is 14.3 Å². The highest BCUT2D eigenvalue weighted by molar-refractivity contribution is 5.96. The van der Waals surface area contributed by atoms with Gasteiger partial charge in [-0.05, 0) is 25.7 Å². The molecule has 1 N–H and O–H groups in total. The van der Waals surface area contributed by atoms with Crippen molar-refractivity contribution in [2.24, 2.45) is 7.05 Å². The van der Waals surface area contributed by atoms with Gasteiger partial charge in [-0.25, -0.2) is 4.98 Å². The number of hydrogen-bond donors (Lipinski definition) is 1. The third-order valence-corrected chi connectivity index (χ3v) is 4.07. The number of ether oxygens (including phenoxy) is 2. The maximum Gasteiger partial charge on any atom is 0.258 e. The molecule has 8 heteroatoms. The van der Waals surface area contributed by atoms with Gasteiger partial charge in [-0.2, -0.15) is 0 Å². The van der Waals surface area contributed by atoms with Gasteiger partial charge in [0.25, 0.3) is 5.91 Å². The average Bonchev–Trinajstić information content (AvgIpc) is 2.99. The van der Waals surface area contributed by atoms with Crippen LogP contribution < -0.4 is 14.8 Å². The first-order chi connectivity index (χ1) is 11.7. The number of methoxy groups -OCH3 is 1. The van der Waals surface area contributed by atoms with Crippen LogP contribution in [0.25, 0.3) is 0 Å². The molecule has 8 nitrogen and oxygen atoms in total. The van der Waals surface area contributed by atoms with Crippen molar-refractivity contribution in [3.63, 3.8) is 0 Å². The minimum absolute atomic E-state index is 0.114. The maximum absolute atomic E-state index is 12.4. The quantitative estimate of drug-likeness (QED) is 0.889. The Labute approximate surface area is 140 Å². The van der Waals surface area contributed by atoms with E-state index in [9.17, 15) is 4.79 Å². The lowest BCUT2D eigenvalue weighted by atomic mass is 9.93. The van der Waals surface area contributed by atoms with Gasteiger partial charge < -0.3 is 14.8 Å². The topological polar surface area (TPSA) is 91.2 Å². The van der Waals surface area contributed by atoms with E-state index in [0.717, 1.165) is 25.7 Å². The summed E-state index contributed by atoms with van der Waals surface area (Å²) in [5.74, 6) is 0.734. The van der Waals surface area contributed by atoms with Crippen molar-refractivity contribution in [2.45, 2.75) is 37.8 Å². The van der Waals surface area contributed by atoms with Crippen LogP contribution in [0.15, 0.2) is 24.8 Å². The van der Waals surface area contributed by atoms with Crippen LogP contribution in [0.5, 0.6) is 11.8 Å². The van der Waals surface area contributed by atoms with Crippen molar-refractivity contribution in [1.29, 1.82) is 0 Å². The second kappa shape index (κ2) is 7.29. The highest BCUT2D eigenvalue weighted by atomic mass is 16.5. The van der Waals surface area contributed by atoms with Crippen LogP contribution in [0.4, 0.5) is 0 Å². The van der Waals surface area contributed by atoms with E-state index in [4.69, 9.17) is 9.47 Å². The van der Waals surface area contributed by atoms with E-state index in [0.29, 0.717) is 17.3 Å². The summed E-state index contributed by atoms with van der Waals surface area (Å²) in [6.45, 7) is 0. The van der Waals surface area contributed by atoms with Gasteiger partial charge in [0.1, 0.15) is 11.7 Å². The SMILES string of the molecule is COc1nn(C)cc1C(=O)NC1CCC(Oc2cnccn2)CC1. The third-order valence-electron chi connectivity index (χ3n) is 4.07. The fraction of sp³-hybridized carbons (Fsp3) is 0.500. The predicted molar refractivity (Wildman–Crippen MR) is 85.9 cm³/mol. The summed E-state index contributed by atoms with van der Waals surface area (Å²) in [5.41, 5.74) is 0.456. The summed E-state index contributed by atoms with van der Waals surface area (Å²) in [6.07, 6.45) is 10.1. The Morgan fingerprint density at radius 3 is 2.75 bits per heavy atom. The molecule has 2 aromatic heterocycles. The zero-order chi connectivity index (χ0) is 16.9. The molecule has 1 aliphatic carbocycles. The number of hydrogen-bond acceptors (Lipinski definition) is 6. The Hall–Kier alpha value is -2.64. The predicted octanol–water partition coefficient (Wildman–Crippen LogP) is 1.34. The molecule has 1 fully saturated rings. The number of nitrogens with zero attached hydrogens (tertiary/aromatic N) is 4. The smallest absolute Gasteiger partial charge is 0.258 e. The minimum atomic E-state index is -0.154. The molecule has 0 aliphatic heterocycles. The molecular formula is C16H21N5O3. The first kappa shape index (κ1) is 16.2. The molecule has 1 aliphatic rings. The van der Waals surface area contributed by atoms with Gasteiger partial charge in [0.15, 0.2) is 0 Å². The highest BCUT2D eigenvalue weighted by Crippen LogP contribution is 2.23. The molecular weight excluding hydrogens is 310 g/mol. The van der Waals surface area contributed by atoms with Crippen molar-refractivity contribution in [1.82, 2.24) is 25.1 Å². The molecule has 0 aromatic carbocycles. The van der Waals surface area contributed by atoms with Gasteiger partial charge in [-0.3, -0.25) is 14.5 Å². The Morgan fingerprint density at radius 2 is 2.08 bits per heavy atom. The van der Waals surface area contributed by atoms with Crippen LogP contribution >= 0.6 is 0 Å². The van der Waals surface area contributed by atoms with Gasteiger partial charge in [-0.1, -0.05) is 0 Å². The number of carbonyl (C=O) groups excluding carboxylic acids is 1. The normalized spacial score (nSPS) is 20.4. The van der Waals surface area contributed by atoms with Crippen LogP contribution in [0.1, 0.15) is 36.0 Å². The zero-order valence-corrected chi connectivity index (χ0v) is 13.8. The molecule has 2 aromatic rings. The van der Waals surface area contributed by atoms with E-state index < -0.39 is 0 Å². The molecule has 128 valence electrons. The lowest BCUT2D eigenvalue weighted by Crippen LogP contribution is -2.39. The van der Waals surface area contributed by atoms with Gasteiger partial charge in [0.05, 0.1) is 13.3 Å². The Kier molecular flexibility index (Phi) is 4.93. The molecule has 1 saturated carbocycles. The van der Waals surface area contributed by atoms with Gasteiger partial charge >= 0.3 is 0 Å². The van der Waals surface area contributed by atoms with E-state index in [1.807, 2.05) is 0 Å². The first-order valence-corrected chi connectivity index (χ1v) is 7.97. The van der Waals surface area contributed by atoms with Gasteiger partial charge in [0.2, 0.25) is 11.8 Å². The van der Waals surface area contributed by atoms with E-state index in [1.54, 1.807) is 36.5 Å². The van der Waals surface area contributed by atoms with Crippen LogP contribution in [0, 0.1) is 0 Å². The second-order valence-electron chi connectivity index (χ2n) is 5.83. The lowest BCUT2D eigenvalue weighted by Gasteiger charge is -2.29. The summed E-state index contributed by atoms with van der Waals surface area (Å²) in [4.78, 5) is 20.5. The van der Waals surface area contributed by atoms with Crippen molar-refractivity contribution in [3.8, 4) is 11.8 Å². The molecule has 2 heterocycles. The fourth-order valence-corrected chi connectivity index (χ4v) is 2.88. The van der Waals surface area contributed by atoms with Gasteiger partial charge in [-0.15, -0.1) is 5.10 Å². The molecule has 3 rings (SSSR count). The zero-order valence-electron chi connectivity index (χ0n) is 13.8. The summed E-state index contributed by atoms with van der Waals surface area (Å²) in [5, 5.41) is 7.15. The fourth-order valence-electron chi connectivity index (χ4n) is 2.88. The molecule has 24 heavy (non-hydrogen) atoms. The summed E-state index contributed by atoms with van der Waals surface area (Å²) in [7, 11) is 3.27. The number of amides is 1. The Balaban J connectivity index is 1.51. The van der Waals surface area contributed by atoms with Crippen molar-refractivity contribution in [3.05, 3.63) is 30.4 Å². The number of nitrogens with one attached hydrogen (secondary N) is 1. The summed E-state index contributed by atoms with van der Waals surface area (Å²) in [6, 6.07) is 0.129. The standard InChI is InChI=1S/C16H21N5O3/c1-21-10-13(16(20-21)23-2)15(22)19-11-3-5-12(6-4-11)24-14-9-17-7-8-18-14/h7-12H,3-6H2,1-2H3,(H,19,22). The molecule has 0 radical (unpaired) electrons. The monoisotopic (exact) mass is 331 g/mol. The van der Waals surface area contributed by atoms with Crippen molar-refractivity contribution >= 4 is 5.91 Å². The lowest BCUT2D eigenvalue weighted by molar-refractivity contribution is 0.0887. The van der Waals surface area contributed by atoms with Crippen LogP contribution in [0.2, 0.25) is 0 Å². The number of aryl methyl sites for hydroxylation is 1. The van der Waals surface area contributed by atoms with Crippen LogP contribution in [0.3, 0.4) is 0 Å². The number of carbonyl (C=O) groups is 1. The number of rotatable bonds is 5. The summed E-state index contributed by atoms with van der Waals surface area (Å²) >= 11 is 0. The van der Waals surface area contributed by atoms with Gasteiger partial charge in [0, 0.05) is 31.7 Å². The molecule has 1 amide bonds. The largest absolute Gasteiger partial charge is 0.479 e. The Bertz CT molecular complexity index is 680. The van der Waals surface area contributed by atoms with Crippen LogP contribution in [-0.2, 0) is 7.05 Å². The second-order valence-corrected chi connectivity index (χ2v) is 5.83. The molecule has 0 unspecified atom stereocenters. The molecule has 0 atom stereocenters. The molecule has 0 spiro atoms. The number of aromatic nitrogens is 4. The first-order valence-electron chi connectivity index (χ1n) is 7.97. The maximum atomic E-state index is 12.4. The van der Waals surface area contributed by atoms with E-state index in [-0.39, 0.29) is 18.1 Å². The summed E-state index contributed by atoms with van der Waals surface area (Å²) < 4.78 is 12.5. The van der Waals surface area contributed by atoms with E-state index in [1.165, 1.54) is 7.11 Å². The van der Waals surface area contributed by atoms with Crippen molar-refractivity contribution in [2.75, 3.05) is 7.11 Å². The third kappa shape index (κ3) is 3.81.